The van der Waals surface area contributed by atoms with Crippen LogP contribution in [-0.4, -0.2) is 35.6 Å². The smallest absolute Gasteiger partial charge is 0.433 e. The summed E-state index contributed by atoms with van der Waals surface area (Å²) in [6.45, 7) is -0.435. The number of hydrazone groups is 1. The van der Waals surface area contributed by atoms with E-state index < -0.39 is 16.9 Å². The van der Waals surface area contributed by atoms with Gasteiger partial charge in [-0.3, -0.25) is 10.1 Å². The topological polar surface area (TPSA) is 127 Å². The Morgan fingerprint density at radius 1 is 1.71 bits per heavy atom. The van der Waals surface area contributed by atoms with Crippen molar-refractivity contribution in [3.05, 3.63) is 28.0 Å². The summed E-state index contributed by atoms with van der Waals surface area (Å²) in [5.41, 5.74) is 1.97. The Morgan fingerprint density at radius 2 is 2.47 bits per heavy atom. The van der Waals surface area contributed by atoms with Crippen LogP contribution in [0.15, 0.2) is 21.7 Å². The number of nitrogens with zero attached hydrogens (tertiary/aromatic N) is 2. The highest BCUT2D eigenvalue weighted by Crippen LogP contribution is 2.13. The molecule has 92 valence electrons. The maximum absolute atomic E-state index is 10.8. The SMILES string of the molecule is O=C(NN=Cc1ccc([N+](=O)[O-])o1)OCCO. The van der Waals surface area contributed by atoms with E-state index in [1.807, 2.05) is 5.43 Å². The first-order valence-electron chi connectivity index (χ1n) is 4.44. The average molecular weight is 243 g/mol. The van der Waals surface area contributed by atoms with E-state index in [-0.39, 0.29) is 19.0 Å². The highest BCUT2D eigenvalue weighted by molar-refractivity contribution is 5.78. The van der Waals surface area contributed by atoms with E-state index in [0.29, 0.717) is 0 Å². The van der Waals surface area contributed by atoms with Gasteiger partial charge in [0.2, 0.25) is 0 Å². The number of hydrogen-bond donors (Lipinski definition) is 2. The number of rotatable bonds is 5. The molecule has 0 atom stereocenters. The molecule has 1 amide bonds. The van der Waals surface area contributed by atoms with Gasteiger partial charge in [0.05, 0.1) is 18.9 Å². The summed E-state index contributed by atoms with van der Waals surface area (Å²) in [5, 5.41) is 22.0. The van der Waals surface area contributed by atoms with Gasteiger partial charge in [-0.25, -0.2) is 10.2 Å². The molecule has 1 rings (SSSR count). The molecule has 1 aromatic heterocycles. The minimum absolute atomic E-state index is 0.110. The predicted molar refractivity (Wildman–Crippen MR) is 54.5 cm³/mol. The number of furan rings is 1. The number of carbonyl (C=O) groups excluding carboxylic acids is 1. The molecule has 1 heterocycles. The molecule has 0 saturated heterocycles. The van der Waals surface area contributed by atoms with E-state index in [9.17, 15) is 14.9 Å². The number of nitro groups is 1. The van der Waals surface area contributed by atoms with Crippen LogP contribution in [0.3, 0.4) is 0 Å². The maximum Gasteiger partial charge on any atom is 0.433 e. The molecule has 0 radical (unpaired) electrons. The van der Waals surface area contributed by atoms with E-state index >= 15 is 0 Å². The molecule has 17 heavy (non-hydrogen) atoms. The number of hydrogen-bond acceptors (Lipinski definition) is 7. The third-order valence-electron chi connectivity index (χ3n) is 1.46. The molecule has 0 aromatic carbocycles. The zero-order valence-electron chi connectivity index (χ0n) is 8.53. The van der Waals surface area contributed by atoms with Crippen molar-refractivity contribution in [3.8, 4) is 0 Å². The van der Waals surface area contributed by atoms with Crippen LogP contribution < -0.4 is 5.43 Å². The van der Waals surface area contributed by atoms with Crippen molar-refractivity contribution >= 4 is 18.2 Å². The largest absolute Gasteiger partial charge is 0.446 e. The first-order valence-corrected chi connectivity index (χ1v) is 4.44. The summed E-state index contributed by atoms with van der Waals surface area (Å²) in [6.07, 6.45) is 0.226. The Kier molecular flexibility index (Phi) is 4.63. The van der Waals surface area contributed by atoms with Gasteiger partial charge in [-0.15, -0.1) is 0 Å². The maximum atomic E-state index is 10.8. The van der Waals surface area contributed by atoms with Crippen molar-refractivity contribution in [2.24, 2.45) is 5.10 Å². The number of carbonyl (C=O) groups is 1. The molecular formula is C8H9N3O6. The van der Waals surface area contributed by atoms with Crippen LogP contribution in [0.1, 0.15) is 5.76 Å². The summed E-state index contributed by atoms with van der Waals surface area (Å²) in [7, 11) is 0. The van der Waals surface area contributed by atoms with Crippen molar-refractivity contribution in [2.75, 3.05) is 13.2 Å². The molecule has 0 aliphatic rings. The second-order valence-electron chi connectivity index (χ2n) is 2.66. The summed E-state index contributed by atoms with van der Waals surface area (Å²) in [4.78, 5) is 20.4. The van der Waals surface area contributed by atoms with E-state index in [1.54, 1.807) is 0 Å². The monoisotopic (exact) mass is 243 g/mol. The quantitative estimate of drug-likeness (QED) is 0.433. The van der Waals surface area contributed by atoms with Crippen molar-refractivity contribution in [2.45, 2.75) is 0 Å². The number of nitrogens with one attached hydrogen (secondary N) is 1. The summed E-state index contributed by atoms with van der Waals surface area (Å²) < 4.78 is 9.15. The van der Waals surface area contributed by atoms with Gasteiger partial charge in [0.1, 0.15) is 11.5 Å². The van der Waals surface area contributed by atoms with E-state index in [4.69, 9.17) is 9.52 Å². The summed E-state index contributed by atoms with van der Waals surface area (Å²) >= 11 is 0. The molecule has 2 N–H and O–H groups in total. The van der Waals surface area contributed by atoms with Gasteiger partial charge in [-0.1, -0.05) is 0 Å². The minimum Gasteiger partial charge on any atom is -0.446 e. The van der Waals surface area contributed by atoms with E-state index in [0.717, 1.165) is 12.3 Å². The van der Waals surface area contributed by atoms with Gasteiger partial charge in [0.25, 0.3) is 0 Å². The fourth-order valence-corrected chi connectivity index (χ4v) is 0.829. The van der Waals surface area contributed by atoms with Gasteiger partial charge in [0, 0.05) is 0 Å². The number of amides is 1. The third-order valence-corrected chi connectivity index (χ3v) is 1.46. The molecule has 0 aliphatic carbocycles. The Morgan fingerprint density at radius 3 is 3.06 bits per heavy atom. The number of aliphatic hydroxyl groups excluding tert-OH is 1. The second-order valence-corrected chi connectivity index (χ2v) is 2.66. The van der Waals surface area contributed by atoms with Crippen LogP contribution in [0.2, 0.25) is 0 Å². The Balaban J connectivity index is 2.42. The first kappa shape index (κ1) is 12.6. The first-order chi connectivity index (χ1) is 8.13. The van der Waals surface area contributed by atoms with Crippen LogP contribution in [0, 0.1) is 10.1 Å². The van der Waals surface area contributed by atoms with E-state index in [1.165, 1.54) is 6.07 Å². The molecule has 9 nitrogen and oxygen atoms in total. The number of aliphatic hydroxyl groups is 1. The molecule has 0 spiro atoms. The van der Waals surface area contributed by atoms with Crippen LogP contribution in [0.4, 0.5) is 10.7 Å². The Hall–Kier alpha value is -2.42. The van der Waals surface area contributed by atoms with Crippen LogP contribution in [0.25, 0.3) is 0 Å². The third kappa shape index (κ3) is 4.30. The zero-order chi connectivity index (χ0) is 12.7. The Labute approximate surface area is 94.8 Å². The zero-order valence-corrected chi connectivity index (χ0v) is 8.53. The van der Waals surface area contributed by atoms with Crippen molar-refractivity contribution < 1.29 is 24.0 Å². The summed E-state index contributed by atoms with van der Waals surface area (Å²) in [6, 6.07) is 2.48. The second kappa shape index (κ2) is 6.23. The van der Waals surface area contributed by atoms with Gasteiger partial charge in [0.15, 0.2) is 5.76 Å². The molecule has 0 aliphatic heterocycles. The highest BCUT2D eigenvalue weighted by atomic mass is 16.6. The minimum atomic E-state index is -0.851. The lowest BCUT2D eigenvalue weighted by molar-refractivity contribution is -0.402. The average Bonchev–Trinajstić information content (AvgIpc) is 2.75. The molecule has 9 heteroatoms. The molecule has 0 fully saturated rings. The van der Waals surface area contributed by atoms with Crippen molar-refractivity contribution in [1.29, 1.82) is 0 Å². The van der Waals surface area contributed by atoms with E-state index in [2.05, 4.69) is 9.84 Å². The normalized spacial score (nSPS) is 10.4. The predicted octanol–water partition coefficient (Wildman–Crippen LogP) is 0.240. The standard InChI is InChI=1S/C8H9N3O6/c12-3-4-16-8(13)10-9-5-6-1-2-7(17-6)11(14)15/h1-2,5,12H,3-4H2,(H,10,13). The molecule has 0 bridgehead atoms. The van der Waals surface area contributed by atoms with Crippen LogP contribution in [0.5, 0.6) is 0 Å². The van der Waals surface area contributed by atoms with Crippen LogP contribution >= 0.6 is 0 Å². The molecule has 1 aromatic rings. The lowest BCUT2D eigenvalue weighted by Crippen LogP contribution is -2.20. The van der Waals surface area contributed by atoms with Crippen LogP contribution in [-0.2, 0) is 4.74 Å². The molecule has 0 unspecified atom stereocenters. The highest BCUT2D eigenvalue weighted by Gasteiger charge is 2.10. The van der Waals surface area contributed by atoms with Crippen molar-refractivity contribution in [1.82, 2.24) is 5.43 Å². The van der Waals surface area contributed by atoms with Gasteiger partial charge < -0.3 is 14.3 Å². The molecular weight excluding hydrogens is 234 g/mol. The van der Waals surface area contributed by atoms with Gasteiger partial charge in [-0.05, 0) is 6.07 Å². The lowest BCUT2D eigenvalue weighted by Gasteiger charge is -1.99. The van der Waals surface area contributed by atoms with Gasteiger partial charge >= 0.3 is 12.0 Å². The molecule has 0 saturated carbocycles. The lowest BCUT2D eigenvalue weighted by atomic mass is 10.5. The van der Waals surface area contributed by atoms with Crippen molar-refractivity contribution in [3.63, 3.8) is 0 Å². The fourth-order valence-electron chi connectivity index (χ4n) is 0.829. The summed E-state index contributed by atoms with van der Waals surface area (Å²) in [5.74, 6) is -0.312. The Bertz CT molecular complexity index is 427. The van der Waals surface area contributed by atoms with Gasteiger partial charge in [-0.2, -0.15) is 5.10 Å². The fraction of sp³-hybridized carbons (Fsp3) is 0.250. The number of ether oxygens (including phenoxy) is 1.